The summed E-state index contributed by atoms with van der Waals surface area (Å²) in [5.41, 5.74) is 1.14. The van der Waals surface area contributed by atoms with E-state index >= 15 is 0 Å². The Labute approximate surface area is 109 Å². The van der Waals surface area contributed by atoms with Gasteiger partial charge in [0.1, 0.15) is 18.0 Å². The summed E-state index contributed by atoms with van der Waals surface area (Å²) >= 11 is 0. The van der Waals surface area contributed by atoms with Gasteiger partial charge < -0.3 is 15.4 Å². The van der Waals surface area contributed by atoms with Gasteiger partial charge in [-0.1, -0.05) is 6.92 Å². The van der Waals surface area contributed by atoms with Crippen molar-refractivity contribution in [2.75, 3.05) is 30.9 Å². The van der Waals surface area contributed by atoms with Gasteiger partial charge >= 0.3 is 0 Å². The van der Waals surface area contributed by atoms with Gasteiger partial charge in [-0.3, -0.25) is 0 Å². The van der Waals surface area contributed by atoms with Crippen molar-refractivity contribution in [1.82, 2.24) is 9.97 Å². The van der Waals surface area contributed by atoms with Crippen LogP contribution < -0.4 is 10.6 Å². The molecule has 1 atom stereocenters. The van der Waals surface area contributed by atoms with Gasteiger partial charge in [0.15, 0.2) is 0 Å². The fourth-order valence-electron chi connectivity index (χ4n) is 1.79. The Hall–Kier alpha value is -1.36. The smallest absolute Gasteiger partial charge is 0.134 e. The second kappa shape index (κ2) is 7.87. The molecular formula is C13H24N4O. The molecule has 0 aliphatic carbocycles. The predicted molar refractivity (Wildman–Crippen MR) is 75.2 cm³/mol. The zero-order valence-corrected chi connectivity index (χ0v) is 11.8. The average Bonchev–Trinajstić information content (AvgIpc) is 2.37. The number of aromatic nitrogens is 2. The lowest BCUT2D eigenvalue weighted by molar-refractivity contribution is 0.191. The lowest BCUT2D eigenvalue weighted by atomic mass is 10.2. The van der Waals surface area contributed by atoms with Crippen molar-refractivity contribution < 1.29 is 4.74 Å². The number of nitrogens with zero attached hydrogens (tertiary/aromatic N) is 2. The molecule has 0 saturated carbocycles. The summed E-state index contributed by atoms with van der Waals surface area (Å²) in [5.74, 6) is 1.85. The fraction of sp³-hybridized carbons (Fsp3) is 0.692. The number of rotatable bonds is 8. The monoisotopic (exact) mass is 252 g/mol. The van der Waals surface area contributed by atoms with Crippen molar-refractivity contribution in [3.05, 3.63) is 11.9 Å². The molecule has 0 amide bonds. The first-order valence-electron chi connectivity index (χ1n) is 6.56. The van der Waals surface area contributed by atoms with Crippen LogP contribution in [0.3, 0.4) is 0 Å². The number of hydrogen-bond donors (Lipinski definition) is 2. The van der Waals surface area contributed by atoms with Crippen LogP contribution in [0.15, 0.2) is 6.33 Å². The van der Waals surface area contributed by atoms with Gasteiger partial charge in [-0.25, -0.2) is 9.97 Å². The Morgan fingerprint density at radius 3 is 2.61 bits per heavy atom. The Balaban J connectivity index is 2.77. The van der Waals surface area contributed by atoms with Crippen LogP contribution in [0.2, 0.25) is 0 Å². The van der Waals surface area contributed by atoms with Gasteiger partial charge in [0, 0.05) is 31.9 Å². The first-order chi connectivity index (χ1) is 8.72. The van der Waals surface area contributed by atoms with Crippen LogP contribution in [-0.2, 0) is 11.2 Å². The van der Waals surface area contributed by atoms with Crippen LogP contribution >= 0.6 is 0 Å². The zero-order chi connectivity index (χ0) is 13.4. The molecule has 102 valence electrons. The average molecular weight is 252 g/mol. The molecule has 5 nitrogen and oxygen atoms in total. The van der Waals surface area contributed by atoms with E-state index in [1.807, 2.05) is 0 Å². The van der Waals surface area contributed by atoms with E-state index in [0.717, 1.165) is 43.2 Å². The number of hydrogen-bond acceptors (Lipinski definition) is 5. The summed E-state index contributed by atoms with van der Waals surface area (Å²) in [7, 11) is 1.72. The molecule has 0 aliphatic rings. The zero-order valence-electron chi connectivity index (χ0n) is 11.8. The van der Waals surface area contributed by atoms with Crippen molar-refractivity contribution in [2.45, 2.75) is 39.7 Å². The highest BCUT2D eigenvalue weighted by Gasteiger charge is 2.11. The minimum atomic E-state index is 0.333. The topological polar surface area (TPSA) is 59.1 Å². The van der Waals surface area contributed by atoms with Crippen molar-refractivity contribution in [2.24, 2.45) is 0 Å². The molecule has 1 unspecified atom stereocenters. The van der Waals surface area contributed by atoms with Gasteiger partial charge in [-0.2, -0.15) is 0 Å². The lowest BCUT2D eigenvalue weighted by Gasteiger charge is -2.18. The second-order valence-electron chi connectivity index (χ2n) is 4.26. The predicted octanol–water partition coefficient (Wildman–Crippen LogP) is 2.31. The second-order valence-corrected chi connectivity index (χ2v) is 4.26. The summed E-state index contributed by atoms with van der Waals surface area (Å²) in [6, 6.07) is 0.333. The SMILES string of the molecule is CCNc1ncnc(NC(C)CCOC)c1CC. The fourth-order valence-corrected chi connectivity index (χ4v) is 1.79. The highest BCUT2D eigenvalue weighted by molar-refractivity contribution is 5.57. The molecule has 1 aromatic rings. The van der Waals surface area contributed by atoms with E-state index in [2.05, 4.69) is 41.4 Å². The normalized spacial score (nSPS) is 12.2. The van der Waals surface area contributed by atoms with E-state index in [9.17, 15) is 0 Å². The third-order valence-corrected chi connectivity index (χ3v) is 2.78. The van der Waals surface area contributed by atoms with Crippen molar-refractivity contribution in [3.8, 4) is 0 Å². The van der Waals surface area contributed by atoms with E-state index < -0.39 is 0 Å². The van der Waals surface area contributed by atoms with E-state index in [1.165, 1.54) is 0 Å². The molecule has 1 heterocycles. The highest BCUT2D eigenvalue weighted by atomic mass is 16.5. The maximum atomic E-state index is 5.08. The van der Waals surface area contributed by atoms with E-state index in [0.29, 0.717) is 6.04 Å². The molecule has 5 heteroatoms. The van der Waals surface area contributed by atoms with Gasteiger partial charge in [0.2, 0.25) is 0 Å². The largest absolute Gasteiger partial charge is 0.385 e. The highest BCUT2D eigenvalue weighted by Crippen LogP contribution is 2.21. The van der Waals surface area contributed by atoms with Gasteiger partial charge in [0.05, 0.1) is 0 Å². The Kier molecular flexibility index (Phi) is 6.43. The van der Waals surface area contributed by atoms with Crippen LogP contribution in [0.1, 0.15) is 32.8 Å². The molecule has 0 aliphatic heterocycles. The van der Waals surface area contributed by atoms with Crippen LogP contribution in [-0.4, -0.2) is 36.3 Å². The Morgan fingerprint density at radius 2 is 2.00 bits per heavy atom. The Morgan fingerprint density at radius 1 is 1.28 bits per heavy atom. The van der Waals surface area contributed by atoms with Gasteiger partial charge in [-0.15, -0.1) is 0 Å². The Bertz CT molecular complexity index is 357. The summed E-state index contributed by atoms with van der Waals surface area (Å²) < 4.78 is 5.08. The lowest BCUT2D eigenvalue weighted by Crippen LogP contribution is -2.20. The summed E-state index contributed by atoms with van der Waals surface area (Å²) in [6.07, 6.45) is 3.46. The molecule has 2 N–H and O–H groups in total. The van der Waals surface area contributed by atoms with Crippen LogP contribution in [0.4, 0.5) is 11.6 Å². The molecular weight excluding hydrogens is 228 g/mol. The molecule has 0 aromatic carbocycles. The van der Waals surface area contributed by atoms with E-state index in [4.69, 9.17) is 4.74 Å². The first kappa shape index (κ1) is 14.7. The van der Waals surface area contributed by atoms with Crippen molar-refractivity contribution >= 4 is 11.6 Å². The number of anilines is 2. The quantitative estimate of drug-likeness (QED) is 0.743. The third-order valence-electron chi connectivity index (χ3n) is 2.78. The van der Waals surface area contributed by atoms with Crippen LogP contribution in [0.5, 0.6) is 0 Å². The van der Waals surface area contributed by atoms with Crippen LogP contribution in [0, 0.1) is 0 Å². The number of ether oxygens (including phenoxy) is 1. The summed E-state index contributed by atoms with van der Waals surface area (Å²) in [4.78, 5) is 8.62. The molecule has 0 spiro atoms. The molecule has 0 saturated heterocycles. The standard InChI is InChI=1S/C13H24N4O/c1-5-11-12(14-6-2)15-9-16-13(11)17-10(3)7-8-18-4/h9-10H,5-8H2,1-4H3,(H2,14,15,16,17). The molecule has 1 rings (SSSR count). The first-order valence-corrected chi connectivity index (χ1v) is 6.56. The summed E-state index contributed by atoms with van der Waals surface area (Å²) in [6.45, 7) is 7.93. The summed E-state index contributed by atoms with van der Waals surface area (Å²) in [5, 5.41) is 6.69. The number of methoxy groups -OCH3 is 1. The van der Waals surface area contributed by atoms with Crippen molar-refractivity contribution in [3.63, 3.8) is 0 Å². The molecule has 0 bridgehead atoms. The van der Waals surface area contributed by atoms with Gasteiger partial charge in [0.25, 0.3) is 0 Å². The molecule has 0 radical (unpaired) electrons. The molecule has 0 fully saturated rings. The molecule has 1 aromatic heterocycles. The van der Waals surface area contributed by atoms with E-state index in [-0.39, 0.29) is 0 Å². The molecule has 18 heavy (non-hydrogen) atoms. The van der Waals surface area contributed by atoms with E-state index in [1.54, 1.807) is 13.4 Å². The minimum Gasteiger partial charge on any atom is -0.385 e. The van der Waals surface area contributed by atoms with Gasteiger partial charge in [-0.05, 0) is 26.7 Å². The minimum absolute atomic E-state index is 0.333. The number of nitrogens with one attached hydrogen (secondary N) is 2. The van der Waals surface area contributed by atoms with Crippen LogP contribution in [0.25, 0.3) is 0 Å². The maximum Gasteiger partial charge on any atom is 0.134 e. The maximum absolute atomic E-state index is 5.08. The van der Waals surface area contributed by atoms with Crippen molar-refractivity contribution in [1.29, 1.82) is 0 Å². The third kappa shape index (κ3) is 4.14.